The number of hydrogen-bond acceptors (Lipinski definition) is 11. The second kappa shape index (κ2) is 21.6. The van der Waals surface area contributed by atoms with E-state index in [0.717, 1.165) is 49.3 Å². The lowest BCUT2D eigenvalue weighted by Crippen LogP contribution is -2.39. The molecule has 1 fully saturated rings. The molecular weight excluding hydrogens is 888 g/mol. The molecule has 4 aromatic carbocycles. The summed E-state index contributed by atoms with van der Waals surface area (Å²) in [6.07, 6.45) is 4.88. The molecule has 0 saturated carbocycles. The van der Waals surface area contributed by atoms with Crippen molar-refractivity contribution >= 4 is 77.7 Å². The molecule has 1 aliphatic heterocycles. The number of sulfone groups is 1. The first-order valence-electron chi connectivity index (χ1n) is 20.0. The molecule has 0 spiro atoms. The van der Waals surface area contributed by atoms with Gasteiger partial charge in [-0.2, -0.15) is 8.78 Å². The fraction of sp³-hybridized carbons (Fsp3) is 0.372. The summed E-state index contributed by atoms with van der Waals surface area (Å²) in [5.41, 5.74) is 4.40. The van der Waals surface area contributed by atoms with Gasteiger partial charge in [-0.15, -0.1) is 11.8 Å². The van der Waals surface area contributed by atoms with Crippen molar-refractivity contribution in [3.05, 3.63) is 119 Å². The molecule has 1 heterocycles. The molecule has 11 nitrogen and oxygen atoms in total. The van der Waals surface area contributed by atoms with Gasteiger partial charge in [-0.3, -0.25) is 9.69 Å². The number of nitrogens with zero attached hydrogens (tertiary/aromatic N) is 1. The number of alkyl halides is 3. The number of thioether (sulfide) groups is 1. The highest BCUT2D eigenvalue weighted by Gasteiger charge is 2.46. The van der Waals surface area contributed by atoms with Crippen LogP contribution in [0.1, 0.15) is 48.0 Å². The highest BCUT2D eigenvalue weighted by molar-refractivity contribution is 7.99. The molecule has 4 N–H and O–H groups in total. The van der Waals surface area contributed by atoms with Crippen molar-refractivity contribution in [3.63, 3.8) is 0 Å². The molecule has 1 atom stereocenters. The largest absolute Gasteiger partial charge is 0.427 e. The Morgan fingerprint density at radius 2 is 1.59 bits per heavy atom. The van der Waals surface area contributed by atoms with Crippen LogP contribution in [-0.2, 0) is 24.6 Å². The van der Waals surface area contributed by atoms with Gasteiger partial charge in [-0.05, 0) is 122 Å². The second-order valence-electron chi connectivity index (χ2n) is 14.7. The first-order valence-corrected chi connectivity index (χ1v) is 24.7. The van der Waals surface area contributed by atoms with Crippen molar-refractivity contribution in [1.29, 1.82) is 0 Å². The minimum absolute atomic E-state index is 0.00339. The first-order chi connectivity index (χ1) is 29.2. The van der Waals surface area contributed by atoms with E-state index in [4.69, 9.17) is 27.9 Å². The van der Waals surface area contributed by atoms with Crippen LogP contribution in [0.2, 0.25) is 5.02 Å². The third kappa shape index (κ3) is 13.1. The van der Waals surface area contributed by atoms with Gasteiger partial charge in [0.25, 0.3) is 25.8 Å². The Morgan fingerprint density at radius 3 is 2.30 bits per heavy atom. The van der Waals surface area contributed by atoms with Crippen LogP contribution in [0.15, 0.2) is 117 Å². The zero-order valence-corrected chi connectivity index (χ0v) is 37.3. The predicted molar refractivity (Wildman–Crippen MR) is 240 cm³/mol. The molecule has 18 heteroatoms. The van der Waals surface area contributed by atoms with Gasteiger partial charge in [-0.1, -0.05) is 47.5 Å². The summed E-state index contributed by atoms with van der Waals surface area (Å²) in [5, 5.41) is 10.6. The number of morpholine rings is 1. The standard InChI is InChI=1S/C43H49Cl2F2N5O6S3/c44-34-14-10-31(11-15-34)39-9-5-4-6-33(39)29-48-21-22-49-35-16-12-32(13-17-35)42(53)51-61(56,57)38-18-19-40(41(28-38)60(54,55)43(45,46)47)50-36(20-23-52-24-26-58-27-25-52)30-59-37-7-2-1-3-8-37/h1-3,7-8,10-19,28,36,48-50H,4-6,9,20-27,29-30H2,(H,51,53)/t36-/m1/s1. The van der Waals surface area contributed by atoms with Crippen LogP contribution in [-0.4, -0.2) is 96.6 Å². The normalized spacial score (nSPS) is 15.9. The van der Waals surface area contributed by atoms with Gasteiger partial charge in [0.05, 0.1) is 28.7 Å². The number of carbonyl (C=O) groups excluding carboxylic acids is 1. The Hall–Kier alpha value is -3.74. The SMILES string of the molecule is O=C(NS(=O)(=O)c1ccc(N[C@H](CCN2CCOCC2)CSc2ccccc2)c(S(=O)(=O)C(F)(F)Cl)c1)c1ccc(NCCNCC2=C(c3ccc(Cl)cc3)CCCC2)cc1. The Bertz CT molecular complexity index is 2350. The van der Waals surface area contributed by atoms with Crippen LogP contribution in [0, 0.1) is 0 Å². The van der Waals surface area contributed by atoms with Crippen LogP contribution >= 0.6 is 35.0 Å². The third-order valence-electron chi connectivity index (χ3n) is 10.4. The number of allylic oxidation sites excluding steroid dienone is 1. The molecule has 61 heavy (non-hydrogen) atoms. The van der Waals surface area contributed by atoms with Gasteiger partial charge in [-0.25, -0.2) is 21.6 Å². The van der Waals surface area contributed by atoms with Crippen LogP contribution in [0.5, 0.6) is 0 Å². The van der Waals surface area contributed by atoms with Crippen molar-refractivity contribution < 1.29 is 35.1 Å². The Kier molecular flexibility index (Phi) is 16.5. The lowest BCUT2D eigenvalue weighted by Gasteiger charge is -2.29. The quantitative estimate of drug-likeness (QED) is 0.0386. The van der Waals surface area contributed by atoms with Crippen LogP contribution in [0.3, 0.4) is 0 Å². The number of hydrogen-bond donors (Lipinski definition) is 4. The van der Waals surface area contributed by atoms with E-state index < -0.39 is 46.3 Å². The van der Waals surface area contributed by atoms with Gasteiger partial charge in [0.1, 0.15) is 0 Å². The zero-order valence-electron chi connectivity index (χ0n) is 33.3. The molecule has 4 aromatic rings. The molecule has 0 unspecified atom stereocenters. The van der Waals surface area contributed by atoms with Gasteiger partial charge in [0.15, 0.2) is 0 Å². The smallest absolute Gasteiger partial charge is 0.384 e. The van der Waals surface area contributed by atoms with Gasteiger partial charge in [0.2, 0.25) is 0 Å². The summed E-state index contributed by atoms with van der Waals surface area (Å²) in [4.78, 5) is 14.6. The molecule has 0 radical (unpaired) electrons. The van der Waals surface area contributed by atoms with E-state index in [1.165, 1.54) is 40.6 Å². The average molecular weight is 937 g/mol. The van der Waals surface area contributed by atoms with Crippen molar-refractivity contribution in [2.75, 3.05) is 68.9 Å². The van der Waals surface area contributed by atoms with E-state index in [9.17, 15) is 30.4 Å². The van der Waals surface area contributed by atoms with E-state index in [1.807, 2.05) is 47.2 Å². The fourth-order valence-corrected chi connectivity index (χ4v) is 10.5. The number of carbonyl (C=O) groups is 1. The fourth-order valence-electron chi connectivity index (χ4n) is 7.11. The highest BCUT2D eigenvalue weighted by atomic mass is 35.5. The minimum Gasteiger partial charge on any atom is -0.384 e. The molecule has 0 aromatic heterocycles. The molecule has 6 rings (SSSR count). The summed E-state index contributed by atoms with van der Waals surface area (Å²) >= 11 is 12.7. The van der Waals surface area contributed by atoms with E-state index in [0.29, 0.717) is 74.9 Å². The minimum atomic E-state index is -5.62. The molecule has 0 bridgehead atoms. The predicted octanol–water partition coefficient (Wildman–Crippen LogP) is 8.35. The van der Waals surface area contributed by atoms with Crippen LogP contribution < -0.4 is 20.7 Å². The Labute approximate surface area is 371 Å². The number of ether oxygens (including phenoxy) is 1. The topological polar surface area (TPSA) is 146 Å². The molecule has 1 aliphatic carbocycles. The highest BCUT2D eigenvalue weighted by Crippen LogP contribution is 2.38. The van der Waals surface area contributed by atoms with Crippen LogP contribution in [0.25, 0.3) is 5.57 Å². The maximum atomic E-state index is 14.5. The molecular formula is C43H49Cl2F2N5O6S3. The van der Waals surface area contributed by atoms with Gasteiger partial charge < -0.3 is 20.7 Å². The summed E-state index contributed by atoms with van der Waals surface area (Å²) in [7, 11) is -10.4. The van der Waals surface area contributed by atoms with E-state index in [2.05, 4.69) is 33.0 Å². The van der Waals surface area contributed by atoms with E-state index in [-0.39, 0.29) is 11.3 Å². The van der Waals surface area contributed by atoms with E-state index in [1.54, 1.807) is 12.1 Å². The van der Waals surface area contributed by atoms with Gasteiger partial charge >= 0.3 is 4.71 Å². The summed E-state index contributed by atoms with van der Waals surface area (Å²) in [6, 6.07) is 25.9. The van der Waals surface area contributed by atoms with Crippen molar-refractivity contribution in [2.24, 2.45) is 0 Å². The van der Waals surface area contributed by atoms with Crippen molar-refractivity contribution in [2.45, 2.75) is 57.5 Å². The molecule has 328 valence electrons. The Balaban J connectivity index is 1.09. The summed E-state index contributed by atoms with van der Waals surface area (Å²) in [5.74, 6) is -0.571. The number of anilines is 2. The van der Waals surface area contributed by atoms with E-state index >= 15 is 0 Å². The maximum Gasteiger partial charge on any atom is 0.427 e. The number of sulfonamides is 1. The number of benzene rings is 4. The number of nitrogens with one attached hydrogen (secondary N) is 4. The van der Waals surface area contributed by atoms with Crippen molar-refractivity contribution in [3.8, 4) is 0 Å². The second-order valence-corrected chi connectivity index (χ2v) is 20.6. The monoisotopic (exact) mass is 935 g/mol. The molecule has 2 aliphatic rings. The number of halogens is 4. The zero-order chi connectivity index (χ0) is 43.5. The number of rotatable bonds is 20. The molecule has 1 saturated heterocycles. The number of amides is 1. The lowest BCUT2D eigenvalue weighted by atomic mass is 9.87. The molecule has 1 amide bonds. The first kappa shape index (κ1) is 46.8. The summed E-state index contributed by atoms with van der Waals surface area (Å²) in [6.45, 7) is 5.19. The average Bonchev–Trinajstić information content (AvgIpc) is 3.25. The summed E-state index contributed by atoms with van der Waals surface area (Å²) < 4.78 is 85.1. The maximum absolute atomic E-state index is 14.5. The van der Waals surface area contributed by atoms with Crippen molar-refractivity contribution in [1.82, 2.24) is 14.9 Å². The third-order valence-corrected chi connectivity index (χ3v) is 15.3. The van der Waals surface area contributed by atoms with Gasteiger partial charge in [0, 0.05) is 72.2 Å². The van der Waals surface area contributed by atoms with Crippen LogP contribution in [0.4, 0.5) is 20.2 Å². The Morgan fingerprint density at radius 1 is 0.885 bits per heavy atom. The lowest BCUT2D eigenvalue weighted by molar-refractivity contribution is 0.0370.